The maximum atomic E-state index is 13.0. The molecule has 0 aliphatic carbocycles. The van der Waals surface area contributed by atoms with Crippen molar-refractivity contribution in [3.63, 3.8) is 0 Å². The first kappa shape index (κ1) is 21.7. The van der Waals surface area contributed by atoms with Gasteiger partial charge in [0.05, 0.1) is 5.25 Å². The summed E-state index contributed by atoms with van der Waals surface area (Å²) in [5, 5.41) is 11.8. The molecule has 3 aromatic rings. The molecule has 9 heteroatoms. The largest absolute Gasteiger partial charge is 0.339 e. The van der Waals surface area contributed by atoms with E-state index < -0.39 is 0 Å². The fourth-order valence-electron chi connectivity index (χ4n) is 3.39. The summed E-state index contributed by atoms with van der Waals surface area (Å²) in [6, 6.07) is 16.5. The lowest BCUT2D eigenvalue weighted by atomic mass is 10.2. The van der Waals surface area contributed by atoms with Crippen LogP contribution in [-0.2, 0) is 11.3 Å². The zero-order valence-corrected chi connectivity index (χ0v) is 18.8. The van der Waals surface area contributed by atoms with Gasteiger partial charge in [-0.15, -0.1) is 10.2 Å². The topological polar surface area (TPSA) is 61.4 Å². The molecule has 0 bridgehead atoms. The number of halogens is 1. The number of nitrogens with one attached hydrogen (secondary N) is 1. The van der Waals surface area contributed by atoms with Crippen molar-refractivity contribution in [3.8, 4) is 0 Å². The number of rotatable bonds is 7. The Labute approximate surface area is 189 Å². The summed E-state index contributed by atoms with van der Waals surface area (Å²) in [6.07, 6.45) is 0. The van der Waals surface area contributed by atoms with Crippen LogP contribution in [0.5, 0.6) is 0 Å². The second-order valence-corrected chi connectivity index (χ2v) is 9.92. The predicted molar refractivity (Wildman–Crippen MR) is 123 cm³/mol. The number of carbonyl (C=O) groups excluding carboxylic acids is 1. The predicted octanol–water partition coefficient (Wildman–Crippen LogP) is 4.25. The van der Waals surface area contributed by atoms with Gasteiger partial charge in [-0.05, 0) is 36.8 Å². The molecule has 2 heterocycles. The van der Waals surface area contributed by atoms with Gasteiger partial charge < -0.3 is 10.2 Å². The fourth-order valence-corrected chi connectivity index (χ4v) is 5.39. The third-order valence-electron chi connectivity index (χ3n) is 5.06. The summed E-state index contributed by atoms with van der Waals surface area (Å²) in [5.41, 5.74) is 2.04. The van der Waals surface area contributed by atoms with Gasteiger partial charge in [-0.3, -0.25) is 9.69 Å². The molecule has 1 N–H and O–H groups in total. The van der Waals surface area contributed by atoms with Crippen LogP contribution in [0.15, 0.2) is 58.9 Å². The van der Waals surface area contributed by atoms with Crippen LogP contribution >= 0.6 is 23.1 Å². The van der Waals surface area contributed by atoms with Crippen LogP contribution in [0, 0.1) is 5.82 Å². The van der Waals surface area contributed by atoms with Gasteiger partial charge in [-0.2, -0.15) is 0 Å². The molecule has 4 rings (SSSR count). The van der Waals surface area contributed by atoms with Crippen molar-refractivity contribution in [1.29, 1.82) is 0 Å². The molecule has 2 aromatic carbocycles. The molecule has 1 aliphatic heterocycles. The molecule has 0 radical (unpaired) electrons. The van der Waals surface area contributed by atoms with Crippen LogP contribution in [0.4, 0.5) is 15.2 Å². The molecule has 1 unspecified atom stereocenters. The summed E-state index contributed by atoms with van der Waals surface area (Å²) in [4.78, 5) is 17.2. The molecule has 0 saturated carbocycles. The molecular formula is C22H24FN5OS2. The lowest BCUT2D eigenvalue weighted by Crippen LogP contribution is -2.50. The van der Waals surface area contributed by atoms with Crippen LogP contribution < -0.4 is 5.32 Å². The second-order valence-electron chi connectivity index (χ2n) is 7.35. The van der Waals surface area contributed by atoms with Crippen molar-refractivity contribution in [3.05, 3.63) is 66.0 Å². The molecule has 6 nitrogen and oxygen atoms in total. The highest BCUT2D eigenvalue weighted by Crippen LogP contribution is 2.31. The van der Waals surface area contributed by atoms with Gasteiger partial charge in [0, 0.05) is 38.4 Å². The number of aromatic nitrogens is 2. The van der Waals surface area contributed by atoms with Crippen molar-refractivity contribution in [2.75, 3.05) is 31.5 Å². The standard InChI is InChI=1S/C22H24FN5OS2/c1-16(30-22-26-25-21(31-22)24-19-9-7-18(23)8-10-19)20(29)28-13-11-27(12-14-28)15-17-5-3-2-4-6-17/h2-10,16H,11-15H2,1H3,(H,24,25). The smallest absolute Gasteiger partial charge is 0.235 e. The normalized spacial score (nSPS) is 15.6. The molecule has 1 saturated heterocycles. The Morgan fingerprint density at radius 2 is 1.81 bits per heavy atom. The van der Waals surface area contributed by atoms with Gasteiger partial charge in [0.2, 0.25) is 11.0 Å². The third kappa shape index (κ3) is 6.03. The average molecular weight is 458 g/mol. The lowest BCUT2D eigenvalue weighted by Gasteiger charge is -2.35. The molecule has 1 amide bonds. The Morgan fingerprint density at radius 1 is 1.10 bits per heavy atom. The van der Waals surface area contributed by atoms with Gasteiger partial charge >= 0.3 is 0 Å². The SMILES string of the molecule is CC(Sc1nnc(Nc2ccc(F)cc2)s1)C(=O)N1CCN(Cc2ccccc2)CC1. The minimum absolute atomic E-state index is 0.132. The molecule has 162 valence electrons. The van der Waals surface area contributed by atoms with Gasteiger partial charge in [-0.25, -0.2) is 4.39 Å². The molecule has 1 aromatic heterocycles. The zero-order valence-electron chi connectivity index (χ0n) is 17.2. The van der Waals surface area contributed by atoms with Crippen LogP contribution in [0.3, 0.4) is 0 Å². The summed E-state index contributed by atoms with van der Waals surface area (Å²) >= 11 is 2.81. The second kappa shape index (κ2) is 10.2. The maximum Gasteiger partial charge on any atom is 0.235 e. The van der Waals surface area contributed by atoms with Crippen molar-refractivity contribution < 1.29 is 9.18 Å². The fraction of sp³-hybridized carbons (Fsp3) is 0.318. The number of nitrogens with zero attached hydrogens (tertiary/aromatic N) is 4. The first-order valence-corrected chi connectivity index (χ1v) is 11.8. The van der Waals surface area contributed by atoms with E-state index in [1.807, 2.05) is 17.9 Å². The van der Waals surface area contributed by atoms with E-state index in [2.05, 4.69) is 44.7 Å². The van der Waals surface area contributed by atoms with Crippen LogP contribution in [0.25, 0.3) is 0 Å². The highest BCUT2D eigenvalue weighted by Gasteiger charge is 2.26. The van der Waals surface area contributed by atoms with E-state index >= 15 is 0 Å². The monoisotopic (exact) mass is 457 g/mol. The third-order valence-corrected chi connectivity index (χ3v) is 7.07. The quantitative estimate of drug-likeness (QED) is 0.536. The molecular weight excluding hydrogens is 433 g/mol. The Morgan fingerprint density at radius 3 is 2.52 bits per heavy atom. The van der Waals surface area contributed by atoms with Crippen LogP contribution in [-0.4, -0.2) is 57.3 Å². The van der Waals surface area contributed by atoms with E-state index in [9.17, 15) is 9.18 Å². The van der Waals surface area contributed by atoms with Crippen molar-refractivity contribution in [2.45, 2.75) is 23.1 Å². The summed E-state index contributed by atoms with van der Waals surface area (Å²) in [6.45, 7) is 6.07. The van der Waals surface area contributed by atoms with Crippen LogP contribution in [0.1, 0.15) is 12.5 Å². The highest BCUT2D eigenvalue weighted by molar-refractivity contribution is 8.02. The number of anilines is 2. The Bertz CT molecular complexity index is 991. The lowest BCUT2D eigenvalue weighted by molar-refractivity contribution is -0.132. The van der Waals surface area contributed by atoms with E-state index in [1.165, 1.54) is 40.8 Å². The first-order chi connectivity index (χ1) is 15.1. The van der Waals surface area contributed by atoms with Gasteiger partial charge in [0.15, 0.2) is 4.34 Å². The summed E-state index contributed by atoms with van der Waals surface area (Å²) in [5.74, 6) is -0.153. The summed E-state index contributed by atoms with van der Waals surface area (Å²) in [7, 11) is 0. The number of hydrogen-bond donors (Lipinski definition) is 1. The van der Waals surface area contributed by atoms with E-state index in [0.29, 0.717) is 5.13 Å². The molecule has 1 atom stereocenters. The number of benzene rings is 2. The van der Waals surface area contributed by atoms with E-state index in [-0.39, 0.29) is 17.0 Å². The van der Waals surface area contributed by atoms with Gasteiger partial charge in [0.25, 0.3) is 0 Å². The van der Waals surface area contributed by atoms with E-state index in [4.69, 9.17) is 0 Å². The summed E-state index contributed by atoms with van der Waals surface area (Å²) < 4.78 is 13.8. The molecule has 0 spiro atoms. The number of thioether (sulfide) groups is 1. The van der Waals surface area contributed by atoms with Crippen molar-refractivity contribution in [2.24, 2.45) is 0 Å². The Kier molecular flexibility index (Phi) is 7.16. The highest BCUT2D eigenvalue weighted by atomic mass is 32.2. The Hall–Kier alpha value is -2.49. The molecule has 1 aliphatic rings. The minimum Gasteiger partial charge on any atom is -0.339 e. The number of piperazine rings is 1. The molecule has 1 fully saturated rings. The maximum absolute atomic E-state index is 13.0. The van der Waals surface area contributed by atoms with Crippen molar-refractivity contribution in [1.82, 2.24) is 20.0 Å². The van der Waals surface area contributed by atoms with Gasteiger partial charge in [0.1, 0.15) is 5.82 Å². The Balaban J connectivity index is 1.25. The van der Waals surface area contributed by atoms with Gasteiger partial charge in [-0.1, -0.05) is 53.4 Å². The minimum atomic E-state index is -0.285. The zero-order chi connectivity index (χ0) is 21.6. The average Bonchev–Trinajstić information content (AvgIpc) is 3.22. The van der Waals surface area contributed by atoms with E-state index in [0.717, 1.165) is 42.8 Å². The number of hydrogen-bond acceptors (Lipinski definition) is 7. The molecule has 31 heavy (non-hydrogen) atoms. The van der Waals surface area contributed by atoms with Crippen molar-refractivity contribution >= 4 is 39.8 Å². The number of amides is 1. The number of carbonyl (C=O) groups is 1. The van der Waals surface area contributed by atoms with Crippen LogP contribution in [0.2, 0.25) is 0 Å². The first-order valence-electron chi connectivity index (χ1n) is 10.1. The van der Waals surface area contributed by atoms with E-state index in [1.54, 1.807) is 12.1 Å².